The van der Waals surface area contributed by atoms with Gasteiger partial charge in [0.15, 0.2) is 0 Å². The van der Waals surface area contributed by atoms with E-state index in [1.54, 1.807) is 0 Å². The number of phosphoric acid groups is 1. The zero-order valence-electron chi connectivity index (χ0n) is 26.7. The van der Waals surface area contributed by atoms with Gasteiger partial charge in [0.25, 0.3) is 0 Å². The summed E-state index contributed by atoms with van der Waals surface area (Å²) < 4.78 is 22.3. The van der Waals surface area contributed by atoms with E-state index in [1.165, 1.54) is 167 Å². The Kier molecular flexibility index (Phi) is 39.2. The first kappa shape index (κ1) is 43.2. The second-order valence-corrected chi connectivity index (χ2v) is 13.5. The molecule has 0 aliphatic carbocycles. The molecule has 0 heterocycles. The fourth-order valence-corrected chi connectivity index (χ4v) is 6.14. The summed E-state index contributed by atoms with van der Waals surface area (Å²) in [5.74, 6) is 0. The molecule has 0 aliphatic rings. The predicted octanol–water partition coefficient (Wildman–Crippen LogP) is 12.2. The standard InChI is InChI=1S/C34H71O4P.Na.H/c1-3-5-7-9-11-13-15-17-19-20-22-24-26-28-30-32-34-38-39(35,36)37-33-31-29-27-25-23-21-18-16-14-12-10-8-6-4-2;;/h3-34H2,1-2H3,(H,35,36);;. The second kappa shape index (κ2) is 36.3. The zero-order valence-corrected chi connectivity index (χ0v) is 27.6. The molecule has 0 saturated heterocycles. The van der Waals surface area contributed by atoms with Crippen molar-refractivity contribution in [2.24, 2.45) is 0 Å². The van der Waals surface area contributed by atoms with E-state index >= 15 is 0 Å². The zero-order chi connectivity index (χ0) is 28.5. The molecule has 6 heteroatoms. The van der Waals surface area contributed by atoms with E-state index in [2.05, 4.69) is 13.8 Å². The molecule has 0 aliphatic heterocycles. The molecule has 1 unspecified atom stereocenters. The molecule has 0 amide bonds. The molecule has 0 aromatic rings. The van der Waals surface area contributed by atoms with Crippen molar-refractivity contribution in [1.82, 2.24) is 0 Å². The Balaban J connectivity index is 0. The van der Waals surface area contributed by atoms with E-state index in [0.29, 0.717) is 13.2 Å². The molecular weight excluding hydrogens is 526 g/mol. The average molecular weight is 599 g/mol. The Labute approximate surface area is 274 Å². The summed E-state index contributed by atoms with van der Waals surface area (Å²) >= 11 is 0. The van der Waals surface area contributed by atoms with Gasteiger partial charge in [-0.05, 0) is 12.8 Å². The van der Waals surface area contributed by atoms with Crippen LogP contribution in [0.4, 0.5) is 0 Å². The summed E-state index contributed by atoms with van der Waals surface area (Å²) in [6.07, 6.45) is 39.3. The summed E-state index contributed by atoms with van der Waals surface area (Å²) in [7, 11) is -3.87. The van der Waals surface area contributed by atoms with Gasteiger partial charge >= 0.3 is 37.4 Å². The summed E-state index contributed by atoms with van der Waals surface area (Å²) in [5.41, 5.74) is 0. The van der Waals surface area contributed by atoms with E-state index in [-0.39, 0.29) is 29.6 Å². The second-order valence-electron chi connectivity index (χ2n) is 12.0. The fourth-order valence-electron chi connectivity index (χ4n) is 5.34. The molecule has 0 fully saturated rings. The van der Waals surface area contributed by atoms with E-state index in [9.17, 15) is 9.46 Å². The fraction of sp³-hybridized carbons (Fsp3) is 1.00. The van der Waals surface area contributed by atoms with Crippen LogP contribution in [-0.4, -0.2) is 47.7 Å². The minimum absolute atomic E-state index is 0. The van der Waals surface area contributed by atoms with Gasteiger partial charge in [0.2, 0.25) is 0 Å². The number of unbranched alkanes of at least 4 members (excludes halogenated alkanes) is 28. The maximum atomic E-state index is 12.0. The van der Waals surface area contributed by atoms with Gasteiger partial charge in [0, 0.05) is 0 Å². The molecule has 0 aromatic carbocycles. The summed E-state index contributed by atoms with van der Waals surface area (Å²) in [6.45, 7) is 5.20. The first-order valence-corrected chi connectivity index (χ1v) is 19.2. The van der Waals surface area contributed by atoms with E-state index in [4.69, 9.17) is 9.05 Å². The van der Waals surface area contributed by atoms with E-state index < -0.39 is 7.82 Å². The van der Waals surface area contributed by atoms with Crippen LogP contribution in [0.1, 0.15) is 206 Å². The van der Waals surface area contributed by atoms with Gasteiger partial charge in [-0.15, -0.1) is 0 Å². The van der Waals surface area contributed by atoms with Crippen LogP contribution in [0.25, 0.3) is 0 Å². The molecule has 40 heavy (non-hydrogen) atoms. The van der Waals surface area contributed by atoms with Gasteiger partial charge in [-0.1, -0.05) is 194 Å². The van der Waals surface area contributed by atoms with Crippen LogP contribution < -0.4 is 0 Å². The Morgan fingerprint density at radius 3 is 0.750 bits per heavy atom. The topological polar surface area (TPSA) is 55.8 Å². The van der Waals surface area contributed by atoms with Crippen LogP contribution >= 0.6 is 7.82 Å². The summed E-state index contributed by atoms with van der Waals surface area (Å²) in [4.78, 5) is 9.85. The molecule has 0 saturated carbocycles. The van der Waals surface area contributed by atoms with Gasteiger partial charge in [0.1, 0.15) is 0 Å². The number of hydrogen-bond donors (Lipinski definition) is 1. The van der Waals surface area contributed by atoms with Crippen molar-refractivity contribution in [2.45, 2.75) is 206 Å². The Morgan fingerprint density at radius 2 is 0.550 bits per heavy atom. The molecule has 238 valence electrons. The van der Waals surface area contributed by atoms with Crippen molar-refractivity contribution < 1.29 is 18.5 Å². The van der Waals surface area contributed by atoms with Crippen LogP contribution in [-0.2, 0) is 13.6 Å². The molecule has 1 atom stereocenters. The Hall–Kier alpha value is 1.11. The third-order valence-electron chi connectivity index (χ3n) is 8.00. The van der Waals surface area contributed by atoms with Crippen LogP contribution in [0.3, 0.4) is 0 Å². The molecule has 0 rings (SSSR count). The normalized spacial score (nSPS) is 12.9. The van der Waals surface area contributed by atoms with Crippen molar-refractivity contribution in [3.05, 3.63) is 0 Å². The monoisotopic (exact) mass is 599 g/mol. The first-order valence-electron chi connectivity index (χ1n) is 17.7. The van der Waals surface area contributed by atoms with Crippen molar-refractivity contribution in [3.63, 3.8) is 0 Å². The third kappa shape index (κ3) is 37.1. The van der Waals surface area contributed by atoms with E-state index in [0.717, 1.165) is 25.7 Å². The number of hydrogen-bond acceptors (Lipinski definition) is 3. The van der Waals surface area contributed by atoms with Gasteiger partial charge in [-0.25, -0.2) is 4.57 Å². The van der Waals surface area contributed by atoms with Gasteiger partial charge < -0.3 is 4.89 Å². The quantitative estimate of drug-likeness (QED) is 0.0455. The molecule has 0 spiro atoms. The summed E-state index contributed by atoms with van der Waals surface area (Å²) in [5, 5.41) is 0. The van der Waals surface area contributed by atoms with Gasteiger partial charge in [0.05, 0.1) is 13.2 Å². The Morgan fingerprint density at radius 1 is 0.375 bits per heavy atom. The third-order valence-corrected chi connectivity index (χ3v) is 9.02. The van der Waals surface area contributed by atoms with Crippen molar-refractivity contribution in [3.8, 4) is 0 Å². The van der Waals surface area contributed by atoms with Crippen LogP contribution in [0.15, 0.2) is 0 Å². The molecule has 1 N–H and O–H groups in total. The van der Waals surface area contributed by atoms with Crippen molar-refractivity contribution in [2.75, 3.05) is 13.2 Å². The van der Waals surface area contributed by atoms with Crippen LogP contribution in [0.2, 0.25) is 0 Å². The number of rotatable bonds is 34. The molecular formula is C34H72NaO4P. The SMILES string of the molecule is CCCCCCCCCCCCCCCCCCOP(=O)(O)OCCCCCCCCCCCCCCCC.[NaH]. The Bertz CT molecular complexity index is 506. The predicted molar refractivity (Wildman–Crippen MR) is 179 cm³/mol. The van der Waals surface area contributed by atoms with Crippen molar-refractivity contribution in [1.29, 1.82) is 0 Å². The van der Waals surface area contributed by atoms with E-state index in [1.807, 2.05) is 0 Å². The minimum atomic E-state index is -3.87. The van der Waals surface area contributed by atoms with Gasteiger partial charge in [-0.3, -0.25) is 9.05 Å². The summed E-state index contributed by atoms with van der Waals surface area (Å²) in [6, 6.07) is 0. The maximum absolute atomic E-state index is 12.0. The molecule has 0 radical (unpaired) electrons. The van der Waals surface area contributed by atoms with Crippen molar-refractivity contribution >= 4 is 37.4 Å². The molecule has 0 aromatic heterocycles. The molecule has 4 nitrogen and oxygen atoms in total. The van der Waals surface area contributed by atoms with Crippen LogP contribution in [0.5, 0.6) is 0 Å². The van der Waals surface area contributed by atoms with Crippen LogP contribution in [0, 0.1) is 0 Å². The van der Waals surface area contributed by atoms with Gasteiger partial charge in [-0.2, -0.15) is 0 Å². The average Bonchev–Trinajstić information content (AvgIpc) is 2.92. The number of phosphoric ester groups is 1. The molecule has 0 bridgehead atoms. The first-order chi connectivity index (χ1) is 19.1.